The quantitative estimate of drug-likeness (QED) is 0.811. The molecule has 1 heterocycles. The molecule has 1 unspecified atom stereocenters. The summed E-state index contributed by atoms with van der Waals surface area (Å²) in [6.07, 6.45) is 1.26. The lowest BCUT2D eigenvalue weighted by atomic mass is 10.2. The number of hydrogen-bond donors (Lipinski definition) is 1. The smallest absolute Gasteiger partial charge is 0.179 e. The molecule has 1 aromatic rings. The van der Waals surface area contributed by atoms with Gasteiger partial charge in [-0.1, -0.05) is 6.92 Å². The molecule has 0 aromatic carbocycles. The van der Waals surface area contributed by atoms with Crippen LogP contribution >= 0.6 is 15.9 Å². The van der Waals surface area contributed by atoms with E-state index in [0.29, 0.717) is 0 Å². The number of hydrogen-bond acceptors (Lipinski definition) is 4. The third-order valence-electron chi connectivity index (χ3n) is 2.09. The zero-order valence-corrected chi connectivity index (χ0v) is 10.7. The standard InChI is InChI=1S/C10H16BrNO3/c1-4-12-8(10(13-2)14-3)9-7(11)5-6-15-9/h5-6,8,10,12H,4H2,1-3H3. The van der Waals surface area contributed by atoms with Gasteiger partial charge in [-0.2, -0.15) is 0 Å². The summed E-state index contributed by atoms with van der Waals surface area (Å²) in [5, 5.41) is 3.25. The largest absolute Gasteiger partial charge is 0.466 e. The lowest BCUT2D eigenvalue weighted by Gasteiger charge is -2.23. The van der Waals surface area contributed by atoms with Crippen LogP contribution in [0, 0.1) is 0 Å². The third kappa shape index (κ3) is 3.04. The van der Waals surface area contributed by atoms with Crippen molar-refractivity contribution < 1.29 is 13.9 Å². The first-order valence-corrected chi connectivity index (χ1v) is 5.55. The fourth-order valence-corrected chi connectivity index (χ4v) is 1.88. The number of rotatable bonds is 6. The Bertz CT molecular complexity index is 286. The van der Waals surface area contributed by atoms with Gasteiger partial charge < -0.3 is 19.2 Å². The van der Waals surface area contributed by atoms with Crippen LogP contribution in [-0.4, -0.2) is 27.1 Å². The number of likely N-dealkylation sites (N-methyl/N-ethyl adjacent to an activating group) is 1. The van der Waals surface area contributed by atoms with Crippen molar-refractivity contribution in [2.75, 3.05) is 20.8 Å². The summed E-state index contributed by atoms with van der Waals surface area (Å²) < 4.78 is 16.8. The highest BCUT2D eigenvalue weighted by Gasteiger charge is 2.26. The van der Waals surface area contributed by atoms with Gasteiger partial charge in [0.25, 0.3) is 0 Å². The van der Waals surface area contributed by atoms with E-state index in [1.807, 2.05) is 13.0 Å². The number of halogens is 1. The zero-order valence-electron chi connectivity index (χ0n) is 9.12. The van der Waals surface area contributed by atoms with Gasteiger partial charge >= 0.3 is 0 Å². The maximum atomic E-state index is 5.39. The molecule has 0 aliphatic rings. The lowest BCUT2D eigenvalue weighted by molar-refractivity contribution is -0.127. The number of furan rings is 1. The first kappa shape index (κ1) is 12.7. The molecule has 0 radical (unpaired) electrons. The van der Waals surface area contributed by atoms with E-state index in [1.165, 1.54) is 0 Å². The molecule has 1 rings (SSSR count). The Hall–Kier alpha value is -0.360. The van der Waals surface area contributed by atoms with E-state index in [9.17, 15) is 0 Å². The van der Waals surface area contributed by atoms with Crippen molar-refractivity contribution in [2.45, 2.75) is 19.3 Å². The summed E-state index contributed by atoms with van der Waals surface area (Å²) in [6.45, 7) is 2.83. The summed E-state index contributed by atoms with van der Waals surface area (Å²) in [6, 6.07) is 1.73. The summed E-state index contributed by atoms with van der Waals surface area (Å²) in [5.74, 6) is 0.783. The Morgan fingerprint density at radius 1 is 1.47 bits per heavy atom. The molecule has 15 heavy (non-hydrogen) atoms. The average molecular weight is 278 g/mol. The molecule has 0 amide bonds. The predicted molar refractivity (Wildman–Crippen MR) is 60.6 cm³/mol. The molecule has 1 atom stereocenters. The van der Waals surface area contributed by atoms with Crippen LogP contribution in [0.25, 0.3) is 0 Å². The van der Waals surface area contributed by atoms with Crippen LogP contribution in [0.2, 0.25) is 0 Å². The molecule has 0 aliphatic heterocycles. The predicted octanol–water partition coefficient (Wildman–Crippen LogP) is 2.31. The van der Waals surface area contributed by atoms with Crippen molar-refractivity contribution in [2.24, 2.45) is 0 Å². The minimum atomic E-state index is -0.368. The maximum absolute atomic E-state index is 5.39. The SMILES string of the molecule is CCNC(c1occc1Br)C(OC)OC. The highest BCUT2D eigenvalue weighted by molar-refractivity contribution is 9.10. The molecule has 1 aromatic heterocycles. The lowest BCUT2D eigenvalue weighted by Crippen LogP contribution is -2.34. The molecule has 1 N–H and O–H groups in total. The highest BCUT2D eigenvalue weighted by Crippen LogP contribution is 2.28. The van der Waals surface area contributed by atoms with Crippen LogP contribution in [-0.2, 0) is 9.47 Å². The molecular weight excluding hydrogens is 262 g/mol. The first-order chi connectivity index (χ1) is 7.24. The van der Waals surface area contributed by atoms with E-state index in [0.717, 1.165) is 16.8 Å². The highest BCUT2D eigenvalue weighted by atomic mass is 79.9. The van der Waals surface area contributed by atoms with Crippen molar-refractivity contribution in [3.63, 3.8) is 0 Å². The Morgan fingerprint density at radius 3 is 2.53 bits per heavy atom. The van der Waals surface area contributed by atoms with Crippen LogP contribution in [0.5, 0.6) is 0 Å². The van der Waals surface area contributed by atoms with E-state index in [2.05, 4.69) is 21.2 Å². The molecule has 0 spiro atoms. The van der Waals surface area contributed by atoms with Crippen molar-refractivity contribution in [3.8, 4) is 0 Å². The van der Waals surface area contributed by atoms with Gasteiger partial charge in [-0.15, -0.1) is 0 Å². The molecule has 86 valence electrons. The summed E-state index contributed by atoms with van der Waals surface area (Å²) in [7, 11) is 3.21. The van der Waals surface area contributed by atoms with Crippen LogP contribution in [0.4, 0.5) is 0 Å². The van der Waals surface area contributed by atoms with Crippen LogP contribution in [0.15, 0.2) is 21.2 Å². The van der Waals surface area contributed by atoms with Crippen molar-refractivity contribution in [1.29, 1.82) is 0 Å². The Balaban J connectivity index is 2.86. The Kier molecular flexibility index (Phi) is 5.31. The number of methoxy groups -OCH3 is 2. The maximum Gasteiger partial charge on any atom is 0.179 e. The Morgan fingerprint density at radius 2 is 2.13 bits per heavy atom. The van der Waals surface area contributed by atoms with E-state index in [4.69, 9.17) is 13.9 Å². The van der Waals surface area contributed by atoms with Crippen LogP contribution in [0.3, 0.4) is 0 Å². The second-order valence-corrected chi connectivity index (χ2v) is 3.86. The van der Waals surface area contributed by atoms with Gasteiger partial charge in [0.15, 0.2) is 6.29 Å². The summed E-state index contributed by atoms with van der Waals surface area (Å²) in [4.78, 5) is 0. The fourth-order valence-electron chi connectivity index (χ4n) is 1.43. The number of nitrogens with one attached hydrogen (secondary N) is 1. The van der Waals surface area contributed by atoms with Crippen LogP contribution in [0.1, 0.15) is 18.7 Å². The van der Waals surface area contributed by atoms with E-state index in [-0.39, 0.29) is 12.3 Å². The van der Waals surface area contributed by atoms with Crippen LogP contribution < -0.4 is 5.32 Å². The normalized spacial score (nSPS) is 13.4. The molecule has 5 heteroatoms. The van der Waals surface area contributed by atoms with Gasteiger partial charge in [0.1, 0.15) is 11.8 Å². The molecule has 0 aliphatic carbocycles. The van der Waals surface area contributed by atoms with Gasteiger partial charge in [0, 0.05) is 14.2 Å². The van der Waals surface area contributed by atoms with E-state index in [1.54, 1.807) is 20.5 Å². The van der Waals surface area contributed by atoms with Gasteiger partial charge in [0.05, 0.1) is 10.7 Å². The zero-order chi connectivity index (χ0) is 11.3. The average Bonchev–Trinajstić information content (AvgIpc) is 2.65. The number of ether oxygens (including phenoxy) is 2. The van der Waals surface area contributed by atoms with E-state index >= 15 is 0 Å². The van der Waals surface area contributed by atoms with Gasteiger partial charge in [-0.3, -0.25) is 0 Å². The van der Waals surface area contributed by atoms with Crippen molar-refractivity contribution in [3.05, 3.63) is 22.6 Å². The second-order valence-electron chi connectivity index (χ2n) is 3.01. The molecule has 0 saturated carbocycles. The fraction of sp³-hybridized carbons (Fsp3) is 0.600. The molecule has 0 fully saturated rings. The summed E-state index contributed by atoms with van der Waals surface area (Å²) >= 11 is 3.42. The monoisotopic (exact) mass is 277 g/mol. The molecular formula is C10H16BrNO3. The molecule has 0 saturated heterocycles. The van der Waals surface area contributed by atoms with Gasteiger partial charge in [-0.25, -0.2) is 0 Å². The van der Waals surface area contributed by atoms with Gasteiger partial charge in [-0.05, 0) is 28.5 Å². The second kappa shape index (κ2) is 6.27. The molecule has 0 bridgehead atoms. The molecule has 4 nitrogen and oxygen atoms in total. The Labute approximate surface area is 98.1 Å². The third-order valence-corrected chi connectivity index (χ3v) is 2.74. The van der Waals surface area contributed by atoms with Crippen molar-refractivity contribution in [1.82, 2.24) is 5.32 Å². The van der Waals surface area contributed by atoms with Gasteiger partial charge in [0.2, 0.25) is 0 Å². The van der Waals surface area contributed by atoms with E-state index < -0.39 is 0 Å². The minimum Gasteiger partial charge on any atom is -0.466 e. The first-order valence-electron chi connectivity index (χ1n) is 4.76. The van der Waals surface area contributed by atoms with Crippen molar-refractivity contribution >= 4 is 15.9 Å². The minimum absolute atomic E-state index is 0.116. The topological polar surface area (TPSA) is 43.6 Å². The summed E-state index contributed by atoms with van der Waals surface area (Å²) in [5.41, 5.74) is 0.